The normalized spacial score (nSPS) is 10.8. The number of carbonyl (C=O) groups is 2. The maximum Gasteiger partial charge on any atom is 0.245 e. The number of para-hydroxylation sites is 1. The molecule has 3 aromatic rings. The van der Waals surface area contributed by atoms with Gasteiger partial charge >= 0.3 is 0 Å². The van der Waals surface area contributed by atoms with Gasteiger partial charge < -0.3 is 16.0 Å². The van der Waals surface area contributed by atoms with Crippen molar-refractivity contribution in [1.82, 2.24) is 9.97 Å². The van der Waals surface area contributed by atoms with Gasteiger partial charge in [0, 0.05) is 12.4 Å². The Bertz CT molecular complexity index is 939. The third-order valence-electron chi connectivity index (χ3n) is 3.22. The largest absolute Gasteiger partial charge is 0.369 e. The van der Waals surface area contributed by atoms with Gasteiger partial charge in [-0.05, 0) is 12.1 Å². The Morgan fingerprint density at radius 3 is 2.88 bits per heavy atom. The Morgan fingerprint density at radius 2 is 2.16 bits per heavy atom. The first-order valence-corrected chi connectivity index (χ1v) is 8.90. The fourth-order valence-electron chi connectivity index (χ4n) is 2.13. The summed E-state index contributed by atoms with van der Waals surface area (Å²) in [5.74, 6) is -1.16. The number of nitrogens with zero attached hydrogens (tertiary/aromatic N) is 3. The fraction of sp³-hybridized carbons (Fsp3) is 0.200. The van der Waals surface area contributed by atoms with Gasteiger partial charge in [0.25, 0.3) is 0 Å². The molecule has 25 heavy (non-hydrogen) atoms. The molecule has 0 saturated heterocycles. The Morgan fingerprint density at radius 1 is 1.36 bits per heavy atom. The van der Waals surface area contributed by atoms with Crippen LogP contribution < -0.4 is 16.0 Å². The lowest BCUT2D eigenvalue weighted by molar-refractivity contribution is -0.117. The summed E-state index contributed by atoms with van der Waals surface area (Å²) in [5.41, 5.74) is 5.92. The number of benzene rings is 1. The average molecular weight is 379 g/mol. The number of halogens is 1. The van der Waals surface area contributed by atoms with E-state index in [2.05, 4.69) is 15.3 Å². The molecule has 0 aliphatic rings. The van der Waals surface area contributed by atoms with Gasteiger partial charge in [0.2, 0.25) is 11.8 Å². The first-order chi connectivity index (χ1) is 11.9. The summed E-state index contributed by atoms with van der Waals surface area (Å²) < 4.78 is 14.4. The Hall–Kier alpha value is -2.59. The van der Waals surface area contributed by atoms with E-state index in [4.69, 9.17) is 5.73 Å². The highest BCUT2D eigenvalue weighted by Crippen LogP contribution is 2.29. The number of nitrogens with one attached hydrogen (secondary N) is 1. The number of likely N-dealkylation sites (N-methyl/N-ethyl adjacent to an activating group) is 1. The van der Waals surface area contributed by atoms with E-state index in [-0.39, 0.29) is 24.7 Å². The molecule has 130 valence electrons. The van der Waals surface area contributed by atoms with Crippen LogP contribution in [0.5, 0.6) is 0 Å². The molecule has 0 aliphatic carbocycles. The van der Waals surface area contributed by atoms with Crippen LogP contribution in [0.25, 0.3) is 10.2 Å². The van der Waals surface area contributed by atoms with Crippen molar-refractivity contribution < 1.29 is 14.0 Å². The van der Waals surface area contributed by atoms with E-state index >= 15 is 0 Å². The van der Waals surface area contributed by atoms with E-state index < -0.39 is 5.91 Å². The second kappa shape index (κ2) is 7.11. The summed E-state index contributed by atoms with van der Waals surface area (Å²) in [6, 6.07) is 4.76. The van der Waals surface area contributed by atoms with Crippen LogP contribution in [0, 0.1) is 5.82 Å². The van der Waals surface area contributed by atoms with E-state index in [1.165, 1.54) is 28.7 Å². The number of thiazole rings is 2. The van der Waals surface area contributed by atoms with Gasteiger partial charge in [-0.1, -0.05) is 17.4 Å². The summed E-state index contributed by atoms with van der Waals surface area (Å²) in [5, 5.41) is 5.26. The summed E-state index contributed by atoms with van der Waals surface area (Å²) in [6.07, 6.45) is 0.0313. The molecule has 0 spiro atoms. The number of anilines is 2. The minimum atomic E-state index is -0.481. The van der Waals surface area contributed by atoms with Crippen molar-refractivity contribution in [2.45, 2.75) is 6.42 Å². The topological polar surface area (TPSA) is 101 Å². The number of hydrogen-bond acceptors (Lipinski definition) is 7. The van der Waals surface area contributed by atoms with Gasteiger partial charge in [0.05, 0.1) is 23.4 Å². The zero-order valence-corrected chi connectivity index (χ0v) is 14.8. The molecular formula is C15H14FN5O2S2. The Labute approximate surface area is 150 Å². The quantitative estimate of drug-likeness (QED) is 0.682. The number of carbonyl (C=O) groups excluding carboxylic acids is 2. The van der Waals surface area contributed by atoms with E-state index in [1.807, 2.05) is 0 Å². The lowest BCUT2D eigenvalue weighted by atomic mass is 10.3. The van der Waals surface area contributed by atoms with E-state index in [1.54, 1.807) is 29.5 Å². The van der Waals surface area contributed by atoms with Gasteiger partial charge in [0.1, 0.15) is 11.3 Å². The molecule has 0 aliphatic heterocycles. The summed E-state index contributed by atoms with van der Waals surface area (Å²) in [6.45, 7) is 0.0339. The number of rotatable bonds is 6. The molecule has 3 rings (SSSR count). The molecule has 10 heteroatoms. The summed E-state index contributed by atoms with van der Waals surface area (Å²) >= 11 is 2.53. The number of aromatic nitrogens is 2. The van der Waals surface area contributed by atoms with E-state index in [9.17, 15) is 14.0 Å². The molecule has 1 aromatic carbocycles. The van der Waals surface area contributed by atoms with E-state index in [0.717, 1.165) is 4.70 Å². The molecule has 2 aromatic heterocycles. The van der Waals surface area contributed by atoms with Crippen molar-refractivity contribution in [3.8, 4) is 0 Å². The highest BCUT2D eigenvalue weighted by atomic mass is 32.1. The van der Waals surface area contributed by atoms with Crippen molar-refractivity contribution in [2.75, 3.05) is 23.8 Å². The molecule has 2 amide bonds. The van der Waals surface area contributed by atoms with Crippen LogP contribution in [-0.4, -0.2) is 35.4 Å². The van der Waals surface area contributed by atoms with Gasteiger partial charge in [-0.15, -0.1) is 11.3 Å². The summed E-state index contributed by atoms with van der Waals surface area (Å²) in [7, 11) is 1.70. The van der Waals surface area contributed by atoms with Crippen LogP contribution in [0.3, 0.4) is 0 Å². The van der Waals surface area contributed by atoms with Gasteiger partial charge in [-0.2, -0.15) is 0 Å². The van der Waals surface area contributed by atoms with Crippen LogP contribution in [-0.2, 0) is 16.0 Å². The van der Waals surface area contributed by atoms with Crippen LogP contribution in [0.2, 0.25) is 0 Å². The number of amides is 2. The first kappa shape index (κ1) is 17.2. The average Bonchev–Trinajstić information content (AvgIpc) is 3.14. The number of primary amides is 1. The molecule has 0 saturated carbocycles. The fourth-order valence-corrected chi connectivity index (χ4v) is 3.80. The monoisotopic (exact) mass is 379 g/mol. The molecule has 3 N–H and O–H groups in total. The smallest absolute Gasteiger partial charge is 0.245 e. The standard InChI is InChI=1S/C15H14FN5O2S2/c1-21(15-20-13-9(16)3-2-4-10(13)25-15)6-12(23)19-14-18-8(7-24-14)5-11(17)22/h2-4,7H,5-6H2,1H3,(H2,17,22)(H,18,19,23). The molecule has 0 unspecified atom stereocenters. The highest BCUT2D eigenvalue weighted by Gasteiger charge is 2.15. The first-order valence-electron chi connectivity index (χ1n) is 7.21. The molecule has 0 atom stereocenters. The maximum absolute atomic E-state index is 13.7. The van der Waals surface area contributed by atoms with Crippen LogP contribution in [0.15, 0.2) is 23.6 Å². The zero-order chi connectivity index (χ0) is 18.0. The third kappa shape index (κ3) is 4.09. The van der Waals surface area contributed by atoms with Crippen LogP contribution in [0.1, 0.15) is 5.69 Å². The molecule has 7 nitrogen and oxygen atoms in total. The van der Waals surface area contributed by atoms with Crippen molar-refractivity contribution in [3.05, 3.63) is 35.1 Å². The number of nitrogens with two attached hydrogens (primary N) is 1. The second-order valence-electron chi connectivity index (χ2n) is 5.27. The molecule has 0 bridgehead atoms. The molecule has 2 heterocycles. The van der Waals surface area contributed by atoms with Gasteiger partial charge in [0.15, 0.2) is 10.3 Å². The Balaban J connectivity index is 1.64. The van der Waals surface area contributed by atoms with Crippen molar-refractivity contribution >= 4 is 55.0 Å². The van der Waals surface area contributed by atoms with Crippen molar-refractivity contribution in [2.24, 2.45) is 5.73 Å². The maximum atomic E-state index is 13.7. The van der Waals surface area contributed by atoms with Crippen molar-refractivity contribution in [1.29, 1.82) is 0 Å². The van der Waals surface area contributed by atoms with Crippen molar-refractivity contribution in [3.63, 3.8) is 0 Å². The molecule has 0 radical (unpaired) electrons. The minimum Gasteiger partial charge on any atom is -0.369 e. The number of fused-ring (bicyclic) bond motifs is 1. The SMILES string of the molecule is CN(CC(=O)Nc1nc(CC(N)=O)cs1)c1nc2c(F)cccc2s1. The number of hydrogen-bond donors (Lipinski definition) is 2. The van der Waals surface area contributed by atoms with E-state index in [0.29, 0.717) is 21.5 Å². The predicted octanol–water partition coefficient (Wildman–Crippen LogP) is 1.99. The zero-order valence-electron chi connectivity index (χ0n) is 13.2. The highest BCUT2D eigenvalue weighted by molar-refractivity contribution is 7.22. The molecule has 0 fully saturated rings. The lowest BCUT2D eigenvalue weighted by Gasteiger charge is -2.14. The van der Waals surface area contributed by atoms with Gasteiger partial charge in [-0.3, -0.25) is 9.59 Å². The predicted molar refractivity (Wildman–Crippen MR) is 96.5 cm³/mol. The lowest BCUT2D eigenvalue weighted by Crippen LogP contribution is -2.29. The third-order valence-corrected chi connectivity index (χ3v) is 5.16. The minimum absolute atomic E-state index is 0.0313. The molecular weight excluding hydrogens is 365 g/mol. The van der Waals surface area contributed by atoms with Gasteiger partial charge in [-0.25, -0.2) is 14.4 Å². The second-order valence-corrected chi connectivity index (χ2v) is 7.14. The summed E-state index contributed by atoms with van der Waals surface area (Å²) in [4.78, 5) is 33.0. The van der Waals surface area contributed by atoms with Crippen LogP contribution in [0.4, 0.5) is 14.7 Å². The van der Waals surface area contributed by atoms with Crippen LogP contribution >= 0.6 is 22.7 Å². The Kier molecular flexibility index (Phi) is 4.91.